The standard InChI is InChI=1S/C18H17ClN2O4S/c1-9-5-15-12(8-11(9)19)20-18(26-15)21-17(22)10-6-13(23-2)16(25-4)14(7-10)24-3/h5-8H,1-4H3,(H,20,21,22). The largest absolute Gasteiger partial charge is 0.493 e. The van der Waals surface area contributed by atoms with Crippen molar-refractivity contribution in [2.45, 2.75) is 6.92 Å². The van der Waals surface area contributed by atoms with Gasteiger partial charge in [0.25, 0.3) is 5.91 Å². The second-order valence-electron chi connectivity index (χ2n) is 5.46. The minimum atomic E-state index is -0.328. The van der Waals surface area contributed by atoms with E-state index in [0.717, 1.165) is 15.8 Å². The maximum absolute atomic E-state index is 12.6. The monoisotopic (exact) mass is 392 g/mol. The highest BCUT2D eigenvalue weighted by Crippen LogP contribution is 2.38. The number of aryl methyl sites for hydroxylation is 1. The Morgan fingerprint density at radius 3 is 2.31 bits per heavy atom. The second-order valence-corrected chi connectivity index (χ2v) is 6.89. The van der Waals surface area contributed by atoms with Crippen LogP contribution in [0.3, 0.4) is 0 Å². The predicted molar refractivity (Wildman–Crippen MR) is 103 cm³/mol. The molecule has 0 spiro atoms. The summed E-state index contributed by atoms with van der Waals surface area (Å²) in [5, 5.41) is 3.93. The molecule has 8 heteroatoms. The molecule has 0 aliphatic carbocycles. The van der Waals surface area contributed by atoms with Crippen molar-refractivity contribution in [3.8, 4) is 17.2 Å². The number of hydrogen-bond donors (Lipinski definition) is 1. The lowest BCUT2D eigenvalue weighted by atomic mass is 10.1. The zero-order chi connectivity index (χ0) is 18.8. The fraction of sp³-hybridized carbons (Fsp3) is 0.222. The molecule has 0 atom stereocenters. The summed E-state index contributed by atoms with van der Waals surface area (Å²) < 4.78 is 16.8. The van der Waals surface area contributed by atoms with E-state index in [9.17, 15) is 4.79 Å². The number of benzene rings is 2. The summed E-state index contributed by atoms with van der Waals surface area (Å²) in [5.74, 6) is 0.912. The van der Waals surface area contributed by atoms with Gasteiger partial charge in [-0.3, -0.25) is 10.1 Å². The minimum absolute atomic E-state index is 0.328. The Morgan fingerprint density at radius 1 is 1.08 bits per heavy atom. The number of hydrogen-bond acceptors (Lipinski definition) is 6. The normalized spacial score (nSPS) is 10.7. The first-order valence-electron chi connectivity index (χ1n) is 7.65. The van der Waals surface area contributed by atoms with Crippen molar-refractivity contribution in [3.63, 3.8) is 0 Å². The molecule has 1 heterocycles. The number of anilines is 1. The molecular weight excluding hydrogens is 376 g/mol. The van der Waals surface area contributed by atoms with Gasteiger partial charge in [0.2, 0.25) is 5.75 Å². The molecule has 3 rings (SSSR count). The summed E-state index contributed by atoms with van der Waals surface area (Å²) in [7, 11) is 4.51. The van der Waals surface area contributed by atoms with Crippen LogP contribution >= 0.6 is 22.9 Å². The lowest BCUT2D eigenvalue weighted by molar-refractivity contribution is 0.102. The Kier molecular flexibility index (Phi) is 5.20. The molecule has 0 radical (unpaired) electrons. The lowest BCUT2D eigenvalue weighted by Gasteiger charge is -2.13. The minimum Gasteiger partial charge on any atom is -0.493 e. The molecule has 0 aliphatic rings. The number of thiazole rings is 1. The van der Waals surface area contributed by atoms with E-state index < -0.39 is 0 Å². The average molecular weight is 393 g/mol. The summed E-state index contributed by atoms with van der Waals surface area (Å²) in [5.41, 5.74) is 2.07. The number of ether oxygens (including phenoxy) is 3. The number of carbonyl (C=O) groups excluding carboxylic acids is 1. The maximum Gasteiger partial charge on any atom is 0.257 e. The zero-order valence-corrected chi connectivity index (χ0v) is 16.2. The van der Waals surface area contributed by atoms with Gasteiger partial charge in [0.05, 0.1) is 31.5 Å². The Balaban J connectivity index is 1.92. The summed E-state index contributed by atoms with van der Waals surface area (Å²) in [6.45, 7) is 1.93. The van der Waals surface area contributed by atoms with E-state index in [-0.39, 0.29) is 5.91 Å². The number of rotatable bonds is 5. The number of methoxy groups -OCH3 is 3. The molecule has 6 nitrogen and oxygen atoms in total. The first-order valence-corrected chi connectivity index (χ1v) is 8.84. The summed E-state index contributed by atoms with van der Waals surface area (Å²) in [6.07, 6.45) is 0. The van der Waals surface area contributed by atoms with E-state index in [1.54, 1.807) is 18.2 Å². The molecule has 26 heavy (non-hydrogen) atoms. The van der Waals surface area contributed by atoms with E-state index in [2.05, 4.69) is 10.3 Å². The van der Waals surface area contributed by atoms with E-state index in [1.165, 1.54) is 32.7 Å². The third-order valence-corrected chi connectivity index (χ3v) is 5.16. The number of fused-ring (bicyclic) bond motifs is 1. The van der Waals surface area contributed by atoms with Gasteiger partial charge >= 0.3 is 0 Å². The van der Waals surface area contributed by atoms with Crippen LogP contribution in [0.15, 0.2) is 24.3 Å². The van der Waals surface area contributed by atoms with Crippen molar-refractivity contribution in [3.05, 3.63) is 40.4 Å². The highest BCUT2D eigenvalue weighted by Gasteiger charge is 2.18. The second kappa shape index (κ2) is 7.39. The van der Waals surface area contributed by atoms with Crippen LogP contribution in [0.2, 0.25) is 5.02 Å². The van der Waals surface area contributed by atoms with Crippen molar-refractivity contribution in [1.82, 2.24) is 4.98 Å². The van der Waals surface area contributed by atoms with Crippen molar-refractivity contribution in [1.29, 1.82) is 0 Å². The molecule has 1 amide bonds. The third-order valence-electron chi connectivity index (χ3n) is 3.82. The third kappa shape index (κ3) is 3.40. The van der Waals surface area contributed by atoms with Gasteiger partial charge < -0.3 is 14.2 Å². The molecule has 0 bridgehead atoms. The summed E-state index contributed by atoms with van der Waals surface area (Å²) in [6, 6.07) is 6.91. The Hall–Kier alpha value is -2.51. The topological polar surface area (TPSA) is 69.7 Å². The van der Waals surface area contributed by atoms with E-state index in [4.69, 9.17) is 25.8 Å². The molecule has 0 unspecified atom stereocenters. The molecular formula is C18H17ClN2O4S. The Labute approximate surface area is 159 Å². The van der Waals surface area contributed by atoms with Gasteiger partial charge in [-0.2, -0.15) is 0 Å². The van der Waals surface area contributed by atoms with Gasteiger partial charge in [-0.25, -0.2) is 4.98 Å². The van der Waals surface area contributed by atoms with Gasteiger partial charge in [0.1, 0.15) is 0 Å². The number of nitrogens with one attached hydrogen (secondary N) is 1. The van der Waals surface area contributed by atoms with Crippen LogP contribution in [-0.4, -0.2) is 32.2 Å². The van der Waals surface area contributed by atoms with Crippen molar-refractivity contribution in [2.75, 3.05) is 26.6 Å². The van der Waals surface area contributed by atoms with Gasteiger partial charge in [0, 0.05) is 10.6 Å². The quantitative estimate of drug-likeness (QED) is 0.690. The highest BCUT2D eigenvalue weighted by atomic mass is 35.5. The molecule has 3 aromatic rings. The molecule has 0 saturated carbocycles. The number of nitrogens with zero attached hydrogens (tertiary/aromatic N) is 1. The van der Waals surface area contributed by atoms with E-state index in [1.807, 2.05) is 13.0 Å². The molecule has 0 fully saturated rings. The van der Waals surface area contributed by atoms with E-state index >= 15 is 0 Å². The lowest BCUT2D eigenvalue weighted by Crippen LogP contribution is -2.12. The first-order chi connectivity index (χ1) is 12.5. The molecule has 0 aliphatic heterocycles. The number of halogens is 1. The van der Waals surface area contributed by atoms with Gasteiger partial charge in [-0.05, 0) is 36.8 Å². The SMILES string of the molecule is COc1cc(C(=O)Nc2nc3cc(Cl)c(C)cc3s2)cc(OC)c1OC. The fourth-order valence-electron chi connectivity index (χ4n) is 2.48. The molecule has 136 valence electrons. The molecule has 0 saturated heterocycles. The van der Waals surface area contributed by atoms with Crippen LogP contribution in [0.5, 0.6) is 17.2 Å². The summed E-state index contributed by atoms with van der Waals surface area (Å²) in [4.78, 5) is 17.1. The van der Waals surface area contributed by atoms with Gasteiger partial charge in [0.15, 0.2) is 16.6 Å². The van der Waals surface area contributed by atoms with Crippen molar-refractivity contribution >= 4 is 44.2 Å². The number of aromatic nitrogens is 1. The van der Waals surface area contributed by atoms with Crippen LogP contribution < -0.4 is 19.5 Å². The zero-order valence-electron chi connectivity index (χ0n) is 14.7. The highest BCUT2D eigenvalue weighted by molar-refractivity contribution is 7.22. The number of amides is 1. The predicted octanol–water partition coefficient (Wildman–Crippen LogP) is 4.54. The van der Waals surface area contributed by atoms with Crippen LogP contribution in [-0.2, 0) is 0 Å². The van der Waals surface area contributed by atoms with Gasteiger partial charge in [-0.1, -0.05) is 22.9 Å². The summed E-state index contributed by atoms with van der Waals surface area (Å²) >= 11 is 7.51. The van der Waals surface area contributed by atoms with Crippen LogP contribution in [0.25, 0.3) is 10.2 Å². The maximum atomic E-state index is 12.6. The molecule has 1 N–H and O–H groups in total. The smallest absolute Gasteiger partial charge is 0.257 e. The van der Waals surface area contributed by atoms with Crippen LogP contribution in [0, 0.1) is 6.92 Å². The fourth-order valence-corrected chi connectivity index (χ4v) is 3.58. The average Bonchev–Trinajstić information content (AvgIpc) is 3.01. The van der Waals surface area contributed by atoms with Gasteiger partial charge in [-0.15, -0.1) is 0 Å². The number of carbonyl (C=O) groups is 1. The molecule has 2 aromatic carbocycles. The van der Waals surface area contributed by atoms with E-state index in [0.29, 0.717) is 33.0 Å². The van der Waals surface area contributed by atoms with Crippen molar-refractivity contribution in [2.24, 2.45) is 0 Å². The first kappa shape index (κ1) is 18.3. The van der Waals surface area contributed by atoms with Crippen molar-refractivity contribution < 1.29 is 19.0 Å². The Morgan fingerprint density at radius 2 is 1.73 bits per heavy atom. The van der Waals surface area contributed by atoms with Crippen LogP contribution in [0.4, 0.5) is 5.13 Å². The molecule has 1 aromatic heterocycles. The van der Waals surface area contributed by atoms with Crippen LogP contribution in [0.1, 0.15) is 15.9 Å². The Bertz CT molecular complexity index is 923.